The van der Waals surface area contributed by atoms with Crippen molar-refractivity contribution >= 4 is 0 Å². The number of likely N-dealkylation sites (tertiary alicyclic amines) is 1. The number of aryl methyl sites for hydroxylation is 3. The minimum atomic E-state index is -0.321. The molecular weight excluding hydrogens is 338 g/mol. The van der Waals surface area contributed by atoms with Crippen LogP contribution >= 0.6 is 0 Å². The summed E-state index contributed by atoms with van der Waals surface area (Å²) in [6.07, 6.45) is 2.39. The van der Waals surface area contributed by atoms with E-state index in [1.807, 2.05) is 13.1 Å². The van der Waals surface area contributed by atoms with Gasteiger partial charge in [-0.25, -0.2) is 0 Å². The highest BCUT2D eigenvalue weighted by atomic mass is 16.3. The Hall–Kier alpha value is -2.44. The fraction of sp³-hybridized carbons (Fsp3) is 0.429. The third kappa shape index (κ3) is 3.82. The molecule has 0 radical (unpaired) electrons. The smallest absolute Gasteiger partial charge is 0.0711 e. The molecule has 2 atom stereocenters. The van der Waals surface area contributed by atoms with Gasteiger partial charge in [0.05, 0.1) is 23.7 Å². The largest absolute Gasteiger partial charge is 0.391 e. The number of hydrogen-bond donors (Lipinski definition) is 3. The van der Waals surface area contributed by atoms with E-state index in [-0.39, 0.29) is 12.0 Å². The van der Waals surface area contributed by atoms with E-state index in [1.165, 1.54) is 22.3 Å². The SMILES string of the molecule is Cc1ccc(C)c(-c2[nH]ncc2CN2C[C@@H](Cc3cc(C)[nH]n3)[C@H](O)C2)c1. The van der Waals surface area contributed by atoms with Gasteiger partial charge in [-0.15, -0.1) is 0 Å². The molecule has 0 bridgehead atoms. The second kappa shape index (κ2) is 7.29. The lowest BCUT2D eigenvalue weighted by atomic mass is 10.00. The fourth-order valence-corrected chi connectivity index (χ4v) is 4.03. The zero-order valence-corrected chi connectivity index (χ0v) is 16.2. The van der Waals surface area contributed by atoms with E-state index in [0.717, 1.165) is 36.6 Å². The molecule has 1 aromatic carbocycles. The van der Waals surface area contributed by atoms with Crippen molar-refractivity contribution in [2.75, 3.05) is 13.1 Å². The predicted molar refractivity (Wildman–Crippen MR) is 105 cm³/mol. The molecule has 3 heterocycles. The average molecular weight is 365 g/mol. The summed E-state index contributed by atoms with van der Waals surface area (Å²) in [6.45, 7) is 8.57. The molecule has 3 aromatic rings. The molecule has 142 valence electrons. The van der Waals surface area contributed by atoms with Crippen molar-refractivity contribution in [3.05, 3.63) is 58.5 Å². The summed E-state index contributed by atoms with van der Waals surface area (Å²) in [4.78, 5) is 2.31. The van der Waals surface area contributed by atoms with Gasteiger partial charge in [-0.3, -0.25) is 15.1 Å². The number of aliphatic hydroxyl groups excluding tert-OH is 1. The Morgan fingerprint density at radius 2 is 2.00 bits per heavy atom. The molecular formula is C21H27N5O. The van der Waals surface area contributed by atoms with Crippen molar-refractivity contribution in [1.82, 2.24) is 25.3 Å². The van der Waals surface area contributed by atoms with Crippen LogP contribution in [0.15, 0.2) is 30.5 Å². The number of nitrogens with one attached hydrogen (secondary N) is 2. The Morgan fingerprint density at radius 1 is 1.15 bits per heavy atom. The van der Waals surface area contributed by atoms with Gasteiger partial charge in [0.15, 0.2) is 0 Å². The summed E-state index contributed by atoms with van der Waals surface area (Å²) in [6, 6.07) is 8.54. The van der Waals surface area contributed by atoms with Crippen molar-refractivity contribution in [2.24, 2.45) is 5.92 Å². The van der Waals surface area contributed by atoms with Crippen LogP contribution < -0.4 is 0 Å². The third-order valence-corrected chi connectivity index (χ3v) is 5.49. The number of hydrogen-bond acceptors (Lipinski definition) is 4. The third-order valence-electron chi connectivity index (χ3n) is 5.49. The van der Waals surface area contributed by atoms with Crippen LogP contribution in [-0.2, 0) is 13.0 Å². The van der Waals surface area contributed by atoms with Gasteiger partial charge in [0, 0.05) is 42.4 Å². The van der Waals surface area contributed by atoms with E-state index in [0.29, 0.717) is 6.54 Å². The minimum absolute atomic E-state index is 0.212. The standard InChI is InChI=1S/C21H27N5O/c1-13-4-5-14(2)19(6-13)21-17(9-22-25-21)11-26-10-16(20(27)12-26)8-18-7-15(3)23-24-18/h4-7,9,16,20,27H,8,10-12H2,1-3H3,(H,22,25)(H,23,24)/t16-,20-/m1/s1. The van der Waals surface area contributed by atoms with E-state index >= 15 is 0 Å². The van der Waals surface area contributed by atoms with Gasteiger partial charge in [-0.1, -0.05) is 17.7 Å². The second-order valence-electron chi connectivity index (χ2n) is 7.86. The molecule has 0 aliphatic carbocycles. The highest BCUT2D eigenvalue weighted by Gasteiger charge is 2.32. The number of nitrogens with zero attached hydrogens (tertiary/aromatic N) is 3. The van der Waals surface area contributed by atoms with Crippen LogP contribution in [0.2, 0.25) is 0 Å². The maximum atomic E-state index is 10.5. The lowest BCUT2D eigenvalue weighted by Gasteiger charge is -2.16. The lowest BCUT2D eigenvalue weighted by molar-refractivity contribution is 0.140. The van der Waals surface area contributed by atoms with Crippen LogP contribution in [0.5, 0.6) is 0 Å². The van der Waals surface area contributed by atoms with Crippen molar-refractivity contribution in [3.8, 4) is 11.3 Å². The quantitative estimate of drug-likeness (QED) is 0.649. The van der Waals surface area contributed by atoms with Gasteiger partial charge in [0.25, 0.3) is 0 Å². The number of rotatable bonds is 5. The number of aromatic nitrogens is 4. The van der Waals surface area contributed by atoms with Crippen molar-refractivity contribution < 1.29 is 5.11 Å². The molecule has 3 N–H and O–H groups in total. The molecule has 0 unspecified atom stereocenters. The maximum absolute atomic E-state index is 10.5. The van der Waals surface area contributed by atoms with Gasteiger partial charge < -0.3 is 5.11 Å². The average Bonchev–Trinajstić information content (AvgIpc) is 3.33. The van der Waals surface area contributed by atoms with Gasteiger partial charge in [-0.2, -0.15) is 10.2 Å². The van der Waals surface area contributed by atoms with Crippen LogP contribution in [-0.4, -0.2) is 49.6 Å². The molecule has 4 rings (SSSR count). The van der Waals surface area contributed by atoms with Gasteiger partial charge in [0.1, 0.15) is 0 Å². The Labute approximate surface area is 159 Å². The summed E-state index contributed by atoms with van der Waals surface area (Å²) in [5.74, 6) is 0.212. The van der Waals surface area contributed by atoms with Gasteiger partial charge in [0.2, 0.25) is 0 Å². The Bertz CT molecular complexity index is 928. The first kappa shape index (κ1) is 17.9. The number of aliphatic hydroxyl groups is 1. The molecule has 6 heteroatoms. The number of benzene rings is 1. The van der Waals surface area contributed by atoms with Crippen LogP contribution in [0.3, 0.4) is 0 Å². The first-order chi connectivity index (χ1) is 13.0. The molecule has 1 saturated heterocycles. The number of β-amino-alcohol motifs (C(OH)–C–C–N with tert-alkyl or cyclic N) is 1. The minimum Gasteiger partial charge on any atom is -0.391 e. The predicted octanol–water partition coefficient (Wildman–Crippen LogP) is 2.76. The number of H-pyrrole nitrogens is 2. The molecule has 2 aromatic heterocycles. The molecule has 6 nitrogen and oxygen atoms in total. The highest BCUT2D eigenvalue weighted by molar-refractivity contribution is 5.67. The lowest BCUT2D eigenvalue weighted by Crippen LogP contribution is -2.21. The van der Waals surface area contributed by atoms with Crippen molar-refractivity contribution in [2.45, 2.75) is 39.8 Å². The highest BCUT2D eigenvalue weighted by Crippen LogP contribution is 2.29. The fourth-order valence-electron chi connectivity index (χ4n) is 4.03. The summed E-state index contributed by atoms with van der Waals surface area (Å²) in [5, 5.41) is 25.3. The molecule has 0 amide bonds. The Morgan fingerprint density at radius 3 is 2.78 bits per heavy atom. The summed E-state index contributed by atoms with van der Waals surface area (Å²) < 4.78 is 0. The maximum Gasteiger partial charge on any atom is 0.0711 e. The first-order valence-corrected chi connectivity index (χ1v) is 9.51. The molecule has 27 heavy (non-hydrogen) atoms. The summed E-state index contributed by atoms with van der Waals surface area (Å²) >= 11 is 0. The molecule has 1 aliphatic rings. The van der Waals surface area contributed by atoms with Crippen LogP contribution in [0.1, 0.15) is 28.1 Å². The zero-order chi connectivity index (χ0) is 19.0. The van der Waals surface area contributed by atoms with Gasteiger partial charge >= 0.3 is 0 Å². The Kier molecular flexibility index (Phi) is 4.85. The van der Waals surface area contributed by atoms with Crippen molar-refractivity contribution in [3.63, 3.8) is 0 Å². The monoisotopic (exact) mass is 365 g/mol. The Balaban J connectivity index is 1.48. The van der Waals surface area contributed by atoms with E-state index in [2.05, 4.69) is 63.4 Å². The second-order valence-corrected chi connectivity index (χ2v) is 7.86. The normalized spacial score (nSPS) is 20.4. The van der Waals surface area contributed by atoms with Crippen LogP contribution in [0.4, 0.5) is 0 Å². The number of aromatic amines is 2. The van der Waals surface area contributed by atoms with E-state index < -0.39 is 0 Å². The van der Waals surface area contributed by atoms with E-state index in [4.69, 9.17) is 0 Å². The molecule has 0 spiro atoms. The van der Waals surface area contributed by atoms with E-state index in [9.17, 15) is 5.11 Å². The summed E-state index contributed by atoms with van der Waals surface area (Å²) in [7, 11) is 0. The molecule has 1 aliphatic heterocycles. The zero-order valence-electron chi connectivity index (χ0n) is 16.2. The first-order valence-electron chi connectivity index (χ1n) is 9.51. The molecule has 0 saturated carbocycles. The van der Waals surface area contributed by atoms with Crippen molar-refractivity contribution in [1.29, 1.82) is 0 Å². The van der Waals surface area contributed by atoms with Crippen LogP contribution in [0, 0.1) is 26.7 Å². The van der Waals surface area contributed by atoms with Gasteiger partial charge in [-0.05, 0) is 44.9 Å². The molecule has 1 fully saturated rings. The van der Waals surface area contributed by atoms with Crippen LogP contribution in [0.25, 0.3) is 11.3 Å². The topological polar surface area (TPSA) is 80.8 Å². The van der Waals surface area contributed by atoms with E-state index in [1.54, 1.807) is 0 Å². The summed E-state index contributed by atoms with van der Waals surface area (Å²) in [5.41, 5.74) is 8.01.